The van der Waals surface area contributed by atoms with Crippen molar-refractivity contribution in [3.05, 3.63) is 57.6 Å². The van der Waals surface area contributed by atoms with Crippen LogP contribution >= 0.6 is 0 Å². The van der Waals surface area contributed by atoms with E-state index in [-0.39, 0.29) is 35.2 Å². The van der Waals surface area contributed by atoms with E-state index in [9.17, 15) is 0 Å². The number of ether oxygens (including phenoxy) is 3. The molecule has 2 aromatic rings. The maximum absolute atomic E-state index is 6.27. The van der Waals surface area contributed by atoms with Crippen LogP contribution in [0.4, 0.5) is 0 Å². The first-order valence-electron chi connectivity index (χ1n) is 11.7. The van der Waals surface area contributed by atoms with Crippen molar-refractivity contribution in [2.24, 2.45) is 0 Å². The average molecular weight is 421 g/mol. The Balaban J connectivity index is 1.93. The van der Waals surface area contributed by atoms with Crippen molar-refractivity contribution in [2.75, 3.05) is 13.2 Å². The first kappa shape index (κ1) is 21.2. The highest BCUT2D eigenvalue weighted by atomic mass is 16.6. The largest absolute Gasteiger partial charge is 0.376 e. The van der Waals surface area contributed by atoms with E-state index in [4.69, 9.17) is 14.2 Å². The quantitative estimate of drug-likeness (QED) is 0.496. The Morgan fingerprint density at radius 3 is 1.90 bits per heavy atom. The van der Waals surface area contributed by atoms with Gasteiger partial charge in [-0.1, -0.05) is 71.4 Å². The summed E-state index contributed by atoms with van der Waals surface area (Å²) in [6, 6.07) is 8.94. The molecule has 3 heteroatoms. The molecule has 166 valence electrons. The van der Waals surface area contributed by atoms with Crippen LogP contribution in [0.15, 0.2) is 24.3 Å². The molecule has 3 nitrogen and oxygen atoms in total. The molecule has 3 heterocycles. The lowest BCUT2D eigenvalue weighted by atomic mass is 9.68. The predicted octanol–water partition coefficient (Wildman–Crippen LogP) is 6.48. The van der Waals surface area contributed by atoms with Gasteiger partial charge in [0, 0.05) is 0 Å². The van der Waals surface area contributed by atoms with Crippen molar-refractivity contribution in [3.8, 4) is 11.1 Å². The maximum atomic E-state index is 6.27. The zero-order valence-electron chi connectivity index (χ0n) is 20.3. The summed E-state index contributed by atoms with van der Waals surface area (Å²) in [5, 5.41) is 0. The summed E-state index contributed by atoms with van der Waals surface area (Å²) in [5.41, 5.74) is 11.0. The number of hydrogen-bond acceptors (Lipinski definition) is 3. The second-order valence-corrected chi connectivity index (χ2v) is 11.7. The Hall–Kier alpha value is -1.68. The molecule has 0 N–H and O–H groups in total. The lowest BCUT2D eigenvalue weighted by Gasteiger charge is -2.35. The second kappa shape index (κ2) is 6.91. The third-order valence-corrected chi connectivity index (χ3v) is 6.93. The average Bonchev–Trinajstić information content (AvgIpc) is 3.55. The van der Waals surface area contributed by atoms with Crippen LogP contribution < -0.4 is 0 Å². The predicted molar refractivity (Wildman–Crippen MR) is 125 cm³/mol. The molecular formula is C28H36O3. The minimum atomic E-state index is 0.00131. The van der Waals surface area contributed by atoms with Crippen molar-refractivity contribution < 1.29 is 14.2 Å². The van der Waals surface area contributed by atoms with Crippen LogP contribution in [0.3, 0.4) is 0 Å². The van der Waals surface area contributed by atoms with Gasteiger partial charge in [-0.2, -0.15) is 0 Å². The molecule has 31 heavy (non-hydrogen) atoms. The van der Waals surface area contributed by atoms with Crippen LogP contribution in [0.25, 0.3) is 11.1 Å². The van der Waals surface area contributed by atoms with Gasteiger partial charge in [0.15, 0.2) is 0 Å². The number of epoxide rings is 2. The summed E-state index contributed by atoms with van der Waals surface area (Å²) in [4.78, 5) is 0. The fourth-order valence-corrected chi connectivity index (χ4v) is 5.86. The van der Waals surface area contributed by atoms with E-state index in [1.54, 1.807) is 0 Å². The fraction of sp³-hybridized carbons (Fsp3) is 0.571. The summed E-state index contributed by atoms with van der Waals surface area (Å²) in [6.07, 6.45) is 0.477. The van der Waals surface area contributed by atoms with E-state index in [1.807, 2.05) is 0 Å². The molecule has 0 radical (unpaired) electrons. The molecule has 3 aliphatic rings. The van der Waals surface area contributed by atoms with Crippen LogP contribution in [-0.2, 0) is 25.0 Å². The highest BCUT2D eigenvalue weighted by Gasteiger charge is 2.53. The molecule has 2 fully saturated rings. The number of aryl methyl sites for hydroxylation is 1. The third-order valence-electron chi connectivity index (χ3n) is 6.93. The Bertz CT molecular complexity index is 1040. The van der Waals surface area contributed by atoms with E-state index >= 15 is 0 Å². The molecule has 4 unspecified atom stereocenters. The van der Waals surface area contributed by atoms with Crippen LogP contribution in [0.1, 0.15) is 87.1 Å². The summed E-state index contributed by atoms with van der Waals surface area (Å²) in [6.45, 7) is 19.8. The van der Waals surface area contributed by atoms with Crippen LogP contribution in [0, 0.1) is 13.8 Å². The first-order chi connectivity index (χ1) is 14.5. The van der Waals surface area contributed by atoms with Gasteiger partial charge in [0.1, 0.15) is 24.4 Å². The van der Waals surface area contributed by atoms with Gasteiger partial charge >= 0.3 is 0 Å². The number of fused-ring (bicyclic) bond motifs is 5. The van der Waals surface area contributed by atoms with Crippen LogP contribution in [-0.4, -0.2) is 25.4 Å². The monoisotopic (exact) mass is 420 g/mol. The van der Waals surface area contributed by atoms with Gasteiger partial charge in [0.25, 0.3) is 0 Å². The topological polar surface area (TPSA) is 34.3 Å². The van der Waals surface area contributed by atoms with Gasteiger partial charge in [0.05, 0.1) is 13.2 Å². The second-order valence-electron chi connectivity index (χ2n) is 11.7. The van der Waals surface area contributed by atoms with Crippen LogP contribution in [0.5, 0.6) is 0 Å². The van der Waals surface area contributed by atoms with Gasteiger partial charge in [-0.15, -0.1) is 0 Å². The van der Waals surface area contributed by atoms with E-state index in [2.05, 4.69) is 79.7 Å². The van der Waals surface area contributed by atoms with Crippen molar-refractivity contribution >= 4 is 0 Å². The minimum Gasteiger partial charge on any atom is -0.376 e. The van der Waals surface area contributed by atoms with E-state index < -0.39 is 0 Å². The molecule has 0 spiro atoms. The molecule has 3 aliphatic heterocycles. The first-order valence-corrected chi connectivity index (χ1v) is 11.7. The Morgan fingerprint density at radius 2 is 1.35 bits per heavy atom. The molecule has 2 saturated heterocycles. The third kappa shape index (κ3) is 3.55. The zero-order valence-corrected chi connectivity index (χ0v) is 20.3. The Morgan fingerprint density at radius 1 is 0.774 bits per heavy atom. The lowest BCUT2D eigenvalue weighted by Crippen LogP contribution is -2.25. The van der Waals surface area contributed by atoms with E-state index in [0.29, 0.717) is 13.2 Å². The van der Waals surface area contributed by atoms with E-state index in [1.165, 1.54) is 44.5 Å². The number of rotatable bonds is 1. The number of hydrogen-bond donors (Lipinski definition) is 0. The summed E-state index contributed by atoms with van der Waals surface area (Å²) in [7, 11) is 0. The Labute approximate surface area is 187 Å². The van der Waals surface area contributed by atoms with Crippen LogP contribution in [0.2, 0.25) is 0 Å². The highest BCUT2D eigenvalue weighted by molar-refractivity contribution is 5.79. The van der Waals surface area contributed by atoms with Crippen molar-refractivity contribution in [3.63, 3.8) is 0 Å². The standard InChI is InChI=1S/C28H36O3/c1-15-10-9-11-17(12-15)20-21-22(26-19(31-26)14-29-13-18-25(21)30-18)24(28(6,7)8)16(2)23(20)27(3,4)5/h9-12,18-19,25-26H,13-14H2,1-8H3. The summed E-state index contributed by atoms with van der Waals surface area (Å²) >= 11 is 0. The van der Waals surface area contributed by atoms with Gasteiger partial charge in [-0.05, 0) is 63.6 Å². The minimum absolute atomic E-state index is 0.00131. The SMILES string of the molecule is Cc1cccc(-c2c3c(c(C(C)(C)C)c(C)c2C(C)(C)C)C2OC2COCC2OC32)c1. The molecular weight excluding hydrogens is 384 g/mol. The van der Waals surface area contributed by atoms with E-state index in [0.717, 1.165) is 0 Å². The molecule has 0 bridgehead atoms. The van der Waals surface area contributed by atoms with Gasteiger partial charge < -0.3 is 14.2 Å². The van der Waals surface area contributed by atoms with Gasteiger partial charge in [0.2, 0.25) is 0 Å². The maximum Gasteiger partial charge on any atom is 0.113 e. The summed E-state index contributed by atoms with van der Waals surface area (Å²) in [5.74, 6) is 0. The molecule has 5 rings (SSSR count). The molecule has 0 amide bonds. The van der Waals surface area contributed by atoms with Crippen molar-refractivity contribution in [1.82, 2.24) is 0 Å². The Kier molecular flexibility index (Phi) is 4.72. The molecule has 0 aromatic heterocycles. The number of benzene rings is 2. The van der Waals surface area contributed by atoms with Gasteiger partial charge in [-0.25, -0.2) is 0 Å². The van der Waals surface area contributed by atoms with Crippen molar-refractivity contribution in [2.45, 2.75) is 90.6 Å². The fourth-order valence-electron chi connectivity index (χ4n) is 5.86. The zero-order chi connectivity index (χ0) is 22.3. The molecule has 2 aromatic carbocycles. The molecule has 0 aliphatic carbocycles. The summed E-state index contributed by atoms with van der Waals surface area (Å²) < 4.78 is 18.5. The normalized spacial score (nSPS) is 27.4. The van der Waals surface area contributed by atoms with Gasteiger partial charge in [-0.3, -0.25) is 0 Å². The lowest BCUT2D eigenvalue weighted by molar-refractivity contribution is 0.102. The molecule has 4 atom stereocenters. The van der Waals surface area contributed by atoms with Crippen molar-refractivity contribution in [1.29, 1.82) is 0 Å². The smallest absolute Gasteiger partial charge is 0.113 e. The highest BCUT2D eigenvalue weighted by Crippen LogP contribution is 2.57. The molecule has 0 saturated carbocycles.